The first-order chi connectivity index (χ1) is 13.0. The van der Waals surface area contributed by atoms with Crippen molar-refractivity contribution in [1.82, 2.24) is 14.8 Å². The minimum absolute atomic E-state index is 0.0288. The molecule has 0 saturated heterocycles. The first-order valence-corrected chi connectivity index (χ1v) is 8.79. The zero-order chi connectivity index (χ0) is 19.1. The first kappa shape index (κ1) is 17.0. The van der Waals surface area contributed by atoms with Crippen LogP contribution in [0.25, 0.3) is 17.1 Å². The molecule has 0 amide bonds. The Hall–Kier alpha value is -3.39. The van der Waals surface area contributed by atoms with E-state index in [1.807, 2.05) is 25.1 Å². The molecule has 27 heavy (non-hydrogen) atoms. The second kappa shape index (κ2) is 6.40. The van der Waals surface area contributed by atoms with Crippen molar-refractivity contribution in [2.45, 2.75) is 13.3 Å². The third kappa shape index (κ3) is 2.80. The molecule has 4 N–H and O–H groups in total. The van der Waals surface area contributed by atoms with Crippen molar-refractivity contribution >= 4 is 29.9 Å². The van der Waals surface area contributed by atoms with E-state index < -0.39 is 0 Å². The number of aldehydes is 1. The average Bonchev–Trinajstić information content (AvgIpc) is 3.22. The molecule has 7 nitrogen and oxygen atoms in total. The summed E-state index contributed by atoms with van der Waals surface area (Å²) in [6, 6.07) is 8.98. The Bertz CT molecular complexity index is 1150. The summed E-state index contributed by atoms with van der Waals surface area (Å²) in [7, 11) is 0. The molecule has 3 aromatic rings. The van der Waals surface area contributed by atoms with Gasteiger partial charge in [0.2, 0.25) is 0 Å². The third-order valence-electron chi connectivity index (χ3n) is 4.51. The van der Waals surface area contributed by atoms with E-state index in [-0.39, 0.29) is 5.75 Å². The van der Waals surface area contributed by atoms with Crippen LogP contribution in [-0.2, 0) is 6.42 Å². The topological polar surface area (TPSA) is 95.0 Å². The van der Waals surface area contributed by atoms with Crippen LogP contribution in [0.1, 0.15) is 22.8 Å². The number of nitrogens with zero attached hydrogens (tertiary/aromatic N) is 2. The highest BCUT2D eigenvalue weighted by Gasteiger charge is 2.19. The Morgan fingerprint density at radius 2 is 2.04 bits per heavy atom. The molecule has 1 aliphatic heterocycles. The van der Waals surface area contributed by atoms with Crippen molar-refractivity contribution in [2.75, 3.05) is 10.6 Å². The average molecular weight is 379 g/mol. The van der Waals surface area contributed by atoms with Gasteiger partial charge in [-0.1, -0.05) is 13.5 Å². The highest BCUT2D eigenvalue weighted by Crippen LogP contribution is 2.35. The Morgan fingerprint density at radius 3 is 2.78 bits per heavy atom. The van der Waals surface area contributed by atoms with Gasteiger partial charge in [0.05, 0.1) is 22.6 Å². The highest BCUT2D eigenvalue weighted by atomic mass is 32.1. The molecule has 0 aliphatic carbocycles. The Morgan fingerprint density at radius 1 is 1.26 bits per heavy atom. The van der Waals surface area contributed by atoms with E-state index >= 15 is 0 Å². The van der Waals surface area contributed by atoms with Crippen LogP contribution in [-0.4, -0.2) is 26.2 Å². The molecule has 2 aromatic carbocycles. The molecular formula is C19H17N5O2S. The van der Waals surface area contributed by atoms with Crippen LogP contribution in [0.2, 0.25) is 0 Å². The lowest BCUT2D eigenvalue weighted by Gasteiger charge is -2.12. The molecule has 1 aliphatic rings. The third-order valence-corrected chi connectivity index (χ3v) is 4.78. The number of hydrogen-bond donors (Lipinski definition) is 4. The number of benzene rings is 2. The highest BCUT2D eigenvalue weighted by molar-refractivity contribution is 7.71. The zero-order valence-corrected chi connectivity index (χ0v) is 15.4. The van der Waals surface area contributed by atoms with E-state index in [4.69, 9.17) is 12.2 Å². The van der Waals surface area contributed by atoms with Crippen LogP contribution < -0.4 is 10.6 Å². The minimum Gasteiger partial charge on any atom is -0.507 e. The van der Waals surface area contributed by atoms with E-state index in [0.717, 1.165) is 28.9 Å². The number of aryl methyl sites for hydroxylation is 1. The van der Waals surface area contributed by atoms with Crippen LogP contribution >= 0.6 is 12.2 Å². The minimum atomic E-state index is -0.0288. The summed E-state index contributed by atoms with van der Waals surface area (Å²) in [6.45, 7) is 5.81. The molecule has 0 saturated carbocycles. The van der Waals surface area contributed by atoms with Crippen molar-refractivity contribution in [1.29, 1.82) is 0 Å². The summed E-state index contributed by atoms with van der Waals surface area (Å²) in [6.07, 6.45) is 1.40. The fourth-order valence-electron chi connectivity index (χ4n) is 3.20. The van der Waals surface area contributed by atoms with Gasteiger partial charge in [-0.15, -0.1) is 0 Å². The number of phenols is 1. The largest absolute Gasteiger partial charge is 0.507 e. The number of carbonyl (C=O) groups excluding carboxylic acids is 1. The van der Waals surface area contributed by atoms with Gasteiger partial charge in [0, 0.05) is 5.56 Å². The van der Waals surface area contributed by atoms with Crippen molar-refractivity contribution < 1.29 is 9.90 Å². The van der Waals surface area contributed by atoms with E-state index in [9.17, 15) is 9.90 Å². The van der Waals surface area contributed by atoms with Crippen molar-refractivity contribution in [3.63, 3.8) is 0 Å². The molecule has 2 heterocycles. The van der Waals surface area contributed by atoms with Crippen molar-refractivity contribution in [3.8, 4) is 22.8 Å². The van der Waals surface area contributed by atoms with Gasteiger partial charge < -0.3 is 15.7 Å². The van der Waals surface area contributed by atoms with Gasteiger partial charge in [-0.2, -0.15) is 5.10 Å². The maximum Gasteiger partial charge on any atom is 0.200 e. The van der Waals surface area contributed by atoms with Crippen LogP contribution in [0, 0.1) is 4.77 Å². The number of carbonyl (C=O) groups is 1. The van der Waals surface area contributed by atoms with E-state index in [0.29, 0.717) is 34.0 Å². The lowest BCUT2D eigenvalue weighted by Crippen LogP contribution is -2.00. The Balaban J connectivity index is 1.89. The van der Waals surface area contributed by atoms with Gasteiger partial charge >= 0.3 is 0 Å². The van der Waals surface area contributed by atoms with E-state index in [1.165, 1.54) is 6.07 Å². The molecule has 4 rings (SSSR count). The van der Waals surface area contributed by atoms with Gasteiger partial charge in [0.25, 0.3) is 0 Å². The maximum absolute atomic E-state index is 11.2. The molecule has 0 radical (unpaired) electrons. The van der Waals surface area contributed by atoms with Crippen LogP contribution in [0.5, 0.6) is 5.75 Å². The number of fused-ring (bicyclic) bond motifs is 1. The second-order valence-corrected chi connectivity index (χ2v) is 6.57. The smallest absolute Gasteiger partial charge is 0.200 e. The maximum atomic E-state index is 11.2. The summed E-state index contributed by atoms with van der Waals surface area (Å²) in [5.74, 6) is 1.14. The molecule has 136 valence electrons. The summed E-state index contributed by atoms with van der Waals surface area (Å²) in [5.41, 5.74) is 4.37. The molecule has 0 atom stereocenters. The van der Waals surface area contributed by atoms with E-state index in [1.54, 1.807) is 10.6 Å². The monoisotopic (exact) mass is 379 g/mol. The molecule has 0 fully saturated rings. The lowest BCUT2D eigenvalue weighted by atomic mass is 10.0. The summed E-state index contributed by atoms with van der Waals surface area (Å²) in [4.78, 5) is 11.2. The van der Waals surface area contributed by atoms with Gasteiger partial charge in [0.1, 0.15) is 17.9 Å². The lowest BCUT2D eigenvalue weighted by molar-refractivity contribution is 0.112. The summed E-state index contributed by atoms with van der Waals surface area (Å²) < 4.78 is 2.14. The molecule has 0 bridgehead atoms. The van der Waals surface area contributed by atoms with Crippen LogP contribution in [0.4, 0.5) is 11.4 Å². The molecule has 1 aromatic heterocycles. The SMILES string of the molecule is C=C1Nc2ccc(-n3c(-c4cc(CC)c(C=O)cc4O)n[nH]c3=S)cc2N1. The van der Waals surface area contributed by atoms with Crippen molar-refractivity contribution in [2.24, 2.45) is 0 Å². The Kier molecular flexibility index (Phi) is 4.04. The summed E-state index contributed by atoms with van der Waals surface area (Å²) >= 11 is 5.41. The normalized spacial score (nSPS) is 12.4. The van der Waals surface area contributed by atoms with Gasteiger partial charge in [0.15, 0.2) is 10.6 Å². The van der Waals surface area contributed by atoms with Crippen LogP contribution in [0.3, 0.4) is 0 Å². The number of phenolic OH excluding ortho intramolecular Hbond substituents is 1. The predicted molar refractivity (Wildman–Crippen MR) is 107 cm³/mol. The van der Waals surface area contributed by atoms with Gasteiger partial charge in [-0.25, -0.2) is 0 Å². The van der Waals surface area contributed by atoms with Gasteiger partial charge in [-0.3, -0.25) is 14.5 Å². The number of H-pyrrole nitrogens is 1. The number of aromatic hydroxyl groups is 1. The molecular weight excluding hydrogens is 362 g/mol. The number of aromatic nitrogens is 3. The van der Waals surface area contributed by atoms with Gasteiger partial charge in [-0.05, 0) is 54.5 Å². The van der Waals surface area contributed by atoms with Crippen LogP contribution in [0.15, 0.2) is 42.7 Å². The molecule has 0 unspecified atom stereocenters. The number of hydrogen-bond acceptors (Lipinski definition) is 6. The quantitative estimate of drug-likeness (QED) is 0.404. The predicted octanol–water partition coefficient (Wildman–Crippen LogP) is 3.99. The van der Waals surface area contributed by atoms with Crippen molar-refractivity contribution in [3.05, 3.63) is 58.6 Å². The standard InChI is InChI=1S/C19H17N5O2S/c1-3-11-6-14(17(26)7-12(11)9-25)18-22-23-19(27)24(18)13-4-5-15-16(8-13)21-10(2)20-15/h4-9,20-21,26H,2-3H2,1H3,(H,23,27). The Labute approximate surface area is 160 Å². The number of rotatable bonds is 4. The molecule has 0 spiro atoms. The number of aromatic amines is 1. The first-order valence-electron chi connectivity index (χ1n) is 8.38. The summed E-state index contributed by atoms with van der Waals surface area (Å²) in [5, 5.41) is 23.8. The fourth-order valence-corrected chi connectivity index (χ4v) is 3.44. The second-order valence-electron chi connectivity index (χ2n) is 6.19. The number of anilines is 2. The number of nitrogens with one attached hydrogen (secondary N) is 3. The zero-order valence-electron chi connectivity index (χ0n) is 14.5. The van der Waals surface area contributed by atoms with E-state index in [2.05, 4.69) is 27.4 Å². The molecule has 8 heteroatoms. The fraction of sp³-hybridized carbons (Fsp3) is 0.105.